The van der Waals surface area contributed by atoms with Crippen LogP contribution in [0.25, 0.3) is 0 Å². The zero-order valence-electron chi connectivity index (χ0n) is 10.6. The Labute approximate surface area is 104 Å². The van der Waals surface area contributed by atoms with Gasteiger partial charge in [-0.25, -0.2) is 0 Å². The highest BCUT2D eigenvalue weighted by molar-refractivity contribution is 5.17. The molecule has 1 saturated carbocycles. The second-order valence-electron chi connectivity index (χ2n) is 4.93. The molecule has 1 aliphatic carbocycles. The summed E-state index contributed by atoms with van der Waals surface area (Å²) < 4.78 is 5.97. The number of benzene rings is 1. The van der Waals surface area contributed by atoms with Crippen molar-refractivity contribution in [2.45, 2.75) is 57.3 Å². The molecular weight excluding hydrogens is 212 g/mol. The van der Waals surface area contributed by atoms with Crippen molar-refractivity contribution in [2.24, 2.45) is 0 Å². The topological polar surface area (TPSA) is 29.5 Å². The average molecular weight is 234 g/mol. The van der Waals surface area contributed by atoms with Crippen LogP contribution in [-0.4, -0.2) is 10.9 Å². The molecule has 0 heterocycles. The molecule has 0 bridgehead atoms. The molecule has 0 aliphatic heterocycles. The minimum absolute atomic E-state index is 0.0132. The third kappa shape index (κ3) is 3.30. The Kier molecular flexibility index (Phi) is 4.19. The van der Waals surface area contributed by atoms with Crippen LogP contribution >= 0.6 is 0 Å². The number of hydrogen-bond acceptors (Lipinski definition) is 2. The van der Waals surface area contributed by atoms with Crippen LogP contribution in [0.15, 0.2) is 30.3 Å². The van der Waals surface area contributed by atoms with Gasteiger partial charge in [-0.15, -0.1) is 0 Å². The van der Waals surface area contributed by atoms with E-state index >= 15 is 0 Å². The third-order valence-corrected chi connectivity index (χ3v) is 3.54. The molecule has 0 spiro atoms. The molecule has 1 aromatic rings. The SMILES string of the molecule is CCC(OC1(O)CCCCC1)c1ccccc1. The average Bonchev–Trinajstić information content (AvgIpc) is 2.38. The monoisotopic (exact) mass is 234 g/mol. The molecule has 2 nitrogen and oxygen atoms in total. The number of hydrogen-bond donors (Lipinski definition) is 1. The molecule has 0 amide bonds. The summed E-state index contributed by atoms with van der Waals surface area (Å²) in [5.74, 6) is -0.894. The first-order chi connectivity index (χ1) is 8.23. The van der Waals surface area contributed by atoms with Crippen molar-refractivity contribution < 1.29 is 9.84 Å². The van der Waals surface area contributed by atoms with E-state index in [4.69, 9.17) is 4.74 Å². The van der Waals surface area contributed by atoms with Gasteiger partial charge in [0.2, 0.25) is 0 Å². The molecule has 0 saturated heterocycles. The molecule has 1 fully saturated rings. The van der Waals surface area contributed by atoms with E-state index in [0.717, 1.165) is 37.7 Å². The summed E-state index contributed by atoms with van der Waals surface area (Å²) in [7, 11) is 0. The highest BCUT2D eigenvalue weighted by Gasteiger charge is 2.32. The molecular formula is C15H22O2. The lowest BCUT2D eigenvalue weighted by Gasteiger charge is -2.35. The Hall–Kier alpha value is -0.860. The summed E-state index contributed by atoms with van der Waals surface area (Å²) >= 11 is 0. The van der Waals surface area contributed by atoms with E-state index in [1.807, 2.05) is 18.2 Å². The molecule has 1 atom stereocenters. The Morgan fingerprint density at radius 2 is 1.82 bits per heavy atom. The van der Waals surface area contributed by atoms with Crippen molar-refractivity contribution in [3.05, 3.63) is 35.9 Å². The van der Waals surface area contributed by atoms with Crippen LogP contribution in [-0.2, 0) is 4.74 Å². The van der Waals surface area contributed by atoms with Crippen LogP contribution < -0.4 is 0 Å². The molecule has 2 rings (SSSR count). The van der Waals surface area contributed by atoms with Crippen LogP contribution in [0, 0.1) is 0 Å². The third-order valence-electron chi connectivity index (χ3n) is 3.54. The zero-order chi connectivity index (χ0) is 12.1. The smallest absolute Gasteiger partial charge is 0.166 e. The highest BCUT2D eigenvalue weighted by Crippen LogP contribution is 2.35. The summed E-state index contributed by atoms with van der Waals surface area (Å²) in [5, 5.41) is 10.4. The summed E-state index contributed by atoms with van der Waals surface area (Å²) in [4.78, 5) is 0. The molecule has 0 radical (unpaired) electrons. The molecule has 1 unspecified atom stereocenters. The summed E-state index contributed by atoms with van der Waals surface area (Å²) in [6.45, 7) is 2.10. The lowest BCUT2D eigenvalue weighted by Crippen LogP contribution is -2.36. The van der Waals surface area contributed by atoms with Crippen molar-refractivity contribution in [1.29, 1.82) is 0 Å². The van der Waals surface area contributed by atoms with E-state index in [2.05, 4.69) is 19.1 Å². The van der Waals surface area contributed by atoms with E-state index in [0.29, 0.717) is 0 Å². The molecule has 1 aromatic carbocycles. The lowest BCUT2D eigenvalue weighted by molar-refractivity contribution is -0.247. The fourth-order valence-electron chi connectivity index (χ4n) is 2.54. The second-order valence-corrected chi connectivity index (χ2v) is 4.93. The molecule has 0 aromatic heterocycles. The van der Waals surface area contributed by atoms with Gasteiger partial charge in [0.15, 0.2) is 5.79 Å². The first-order valence-electron chi connectivity index (χ1n) is 6.69. The van der Waals surface area contributed by atoms with Gasteiger partial charge >= 0.3 is 0 Å². The van der Waals surface area contributed by atoms with Crippen LogP contribution in [0.1, 0.15) is 57.1 Å². The normalized spacial score (nSPS) is 21.1. The zero-order valence-corrected chi connectivity index (χ0v) is 10.6. The van der Waals surface area contributed by atoms with E-state index in [1.54, 1.807) is 0 Å². The van der Waals surface area contributed by atoms with E-state index in [-0.39, 0.29) is 6.10 Å². The fraction of sp³-hybridized carbons (Fsp3) is 0.600. The van der Waals surface area contributed by atoms with Gasteiger partial charge < -0.3 is 9.84 Å². The predicted octanol–water partition coefficient (Wildman–Crippen LogP) is 3.81. The Morgan fingerprint density at radius 1 is 1.18 bits per heavy atom. The summed E-state index contributed by atoms with van der Waals surface area (Å²) in [6, 6.07) is 10.2. The van der Waals surface area contributed by atoms with Gasteiger partial charge in [-0.3, -0.25) is 0 Å². The van der Waals surface area contributed by atoms with Gasteiger partial charge in [-0.05, 0) is 24.8 Å². The van der Waals surface area contributed by atoms with Gasteiger partial charge in [0.1, 0.15) is 0 Å². The van der Waals surface area contributed by atoms with Crippen LogP contribution in [0.4, 0.5) is 0 Å². The number of aliphatic hydroxyl groups is 1. The van der Waals surface area contributed by atoms with E-state index in [1.165, 1.54) is 6.42 Å². The van der Waals surface area contributed by atoms with Gasteiger partial charge in [-0.1, -0.05) is 43.7 Å². The van der Waals surface area contributed by atoms with Gasteiger partial charge in [-0.2, -0.15) is 0 Å². The quantitative estimate of drug-likeness (QED) is 0.803. The molecule has 94 valence electrons. The second kappa shape index (κ2) is 5.65. The maximum atomic E-state index is 10.4. The van der Waals surface area contributed by atoms with Gasteiger partial charge in [0.25, 0.3) is 0 Å². The van der Waals surface area contributed by atoms with Crippen molar-refractivity contribution in [3.8, 4) is 0 Å². The minimum atomic E-state index is -0.894. The number of ether oxygens (including phenoxy) is 1. The maximum absolute atomic E-state index is 10.4. The maximum Gasteiger partial charge on any atom is 0.166 e. The predicted molar refractivity (Wildman–Crippen MR) is 68.6 cm³/mol. The van der Waals surface area contributed by atoms with Crippen molar-refractivity contribution >= 4 is 0 Å². The summed E-state index contributed by atoms with van der Waals surface area (Å²) in [6.07, 6.45) is 5.82. The Morgan fingerprint density at radius 3 is 2.41 bits per heavy atom. The van der Waals surface area contributed by atoms with Gasteiger partial charge in [0.05, 0.1) is 6.10 Å². The van der Waals surface area contributed by atoms with E-state index in [9.17, 15) is 5.11 Å². The first-order valence-corrected chi connectivity index (χ1v) is 6.69. The first kappa shape index (κ1) is 12.6. The molecule has 1 aliphatic rings. The van der Waals surface area contributed by atoms with Crippen LogP contribution in [0.5, 0.6) is 0 Å². The highest BCUT2D eigenvalue weighted by atomic mass is 16.6. The Balaban J connectivity index is 2.04. The molecule has 2 heteroatoms. The molecule has 1 N–H and O–H groups in total. The molecule has 17 heavy (non-hydrogen) atoms. The standard InChI is InChI=1S/C15H22O2/c1-2-14(13-9-5-3-6-10-13)17-15(16)11-7-4-8-12-15/h3,5-6,9-10,14,16H,2,4,7-8,11-12H2,1H3. The largest absolute Gasteiger partial charge is 0.365 e. The van der Waals surface area contributed by atoms with Crippen molar-refractivity contribution in [3.63, 3.8) is 0 Å². The summed E-state index contributed by atoms with van der Waals surface area (Å²) in [5.41, 5.74) is 1.16. The van der Waals surface area contributed by atoms with Crippen LogP contribution in [0.3, 0.4) is 0 Å². The fourth-order valence-corrected chi connectivity index (χ4v) is 2.54. The van der Waals surface area contributed by atoms with Crippen molar-refractivity contribution in [1.82, 2.24) is 0 Å². The Bertz CT molecular complexity index is 328. The van der Waals surface area contributed by atoms with Gasteiger partial charge in [0, 0.05) is 12.8 Å². The lowest BCUT2D eigenvalue weighted by atomic mass is 9.93. The number of rotatable bonds is 4. The van der Waals surface area contributed by atoms with Crippen LogP contribution in [0.2, 0.25) is 0 Å². The van der Waals surface area contributed by atoms with E-state index < -0.39 is 5.79 Å². The van der Waals surface area contributed by atoms with Crippen molar-refractivity contribution in [2.75, 3.05) is 0 Å². The minimum Gasteiger partial charge on any atom is -0.365 e.